The predicted octanol–water partition coefficient (Wildman–Crippen LogP) is 3.40. The molecule has 1 unspecified atom stereocenters. The Hall–Kier alpha value is -3.00. The van der Waals surface area contributed by atoms with E-state index in [9.17, 15) is 4.79 Å². The standard InChI is InChI=1S/C18H19N3O2/c1-3-23-17-10-5-4-9-16(17)20-13(2)18(22)21-15-8-6-7-14(11-15)12-19/h4-11,13,20H,3H2,1-2H3,(H,21,22). The number of carbonyl (C=O) groups is 1. The molecule has 0 aliphatic rings. The molecule has 0 bridgehead atoms. The van der Waals surface area contributed by atoms with Crippen LogP contribution in [0, 0.1) is 11.3 Å². The van der Waals surface area contributed by atoms with Gasteiger partial charge in [0.15, 0.2) is 0 Å². The normalized spacial score (nSPS) is 11.2. The number of nitrogens with zero attached hydrogens (tertiary/aromatic N) is 1. The Morgan fingerprint density at radius 3 is 2.78 bits per heavy atom. The first-order chi connectivity index (χ1) is 11.1. The van der Waals surface area contributed by atoms with E-state index in [0.717, 1.165) is 5.69 Å². The van der Waals surface area contributed by atoms with Crippen LogP contribution in [-0.4, -0.2) is 18.6 Å². The quantitative estimate of drug-likeness (QED) is 0.857. The molecule has 0 aliphatic carbocycles. The van der Waals surface area contributed by atoms with Crippen molar-refractivity contribution in [2.24, 2.45) is 0 Å². The van der Waals surface area contributed by atoms with E-state index >= 15 is 0 Å². The second-order valence-corrected chi connectivity index (χ2v) is 4.98. The van der Waals surface area contributed by atoms with E-state index in [1.54, 1.807) is 31.2 Å². The molecule has 2 rings (SSSR count). The number of ether oxygens (including phenoxy) is 1. The molecule has 5 nitrogen and oxygen atoms in total. The molecule has 0 saturated carbocycles. The summed E-state index contributed by atoms with van der Waals surface area (Å²) in [6.45, 7) is 4.24. The average molecular weight is 309 g/mol. The van der Waals surface area contributed by atoms with Crippen molar-refractivity contribution in [3.8, 4) is 11.8 Å². The summed E-state index contributed by atoms with van der Waals surface area (Å²) in [7, 11) is 0. The molecular weight excluding hydrogens is 290 g/mol. The van der Waals surface area contributed by atoms with E-state index in [4.69, 9.17) is 10.00 Å². The number of rotatable bonds is 6. The number of amides is 1. The second kappa shape index (κ2) is 7.85. The van der Waals surface area contributed by atoms with E-state index in [-0.39, 0.29) is 5.91 Å². The van der Waals surface area contributed by atoms with Crippen LogP contribution in [0.5, 0.6) is 5.75 Å². The lowest BCUT2D eigenvalue weighted by Crippen LogP contribution is -2.32. The van der Waals surface area contributed by atoms with Crippen LogP contribution in [0.2, 0.25) is 0 Å². The number of para-hydroxylation sites is 2. The molecule has 0 radical (unpaired) electrons. The van der Waals surface area contributed by atoms with Crippen LogP contribution in [0.15, 0.2) is 48.5 Å². The van der Waals surface area contributed by atoms with Crippen molar-refractivity contribution in [3.63, 3.8) is 0 Å². The largest absolute Gasteiger partial charge is 0.492 e. The maximum atomic E-state index is 12.3. The zero-order valence-electron chi connectivity index (χ0n) is 13.2. The minimum absolute atomic E-state index is 0.189. The van der Waals surface area contributed by atoms with E-state index in [2.05, 4.69) is 10.6 Å². The SMILES string of the molecule is CCOc1ccccc1NC(C)C(=O)Nc1cccc(C#N)c1. The van der Waals surface area contributed by atoms with Crippen LogP contribution in [0.25, 0.3) is 0 Å². The predicted molar refractivity (Wildman–Crippen MR) is 90.5 cm³/mol. The van der Waals surface area contributed by atoms with Gasteiger partial charge in [0.2, 0.25) is 5.91 Å². The lowest BCUT2D eigenvalue weighted by Gasteiger charge is -2.18. The van der Waals surface area contributed by atoms with Crippen molar-refractivity contribution in [2.75, 3.05) is 17.2 Å². The van der Waals surface area contributed by atoms with E-state index in [0.29, 0.717) is 23.6 Å². The van der Waals surface area contributed by atoms with Gasteiger partial charge >= 0.3 is 0 Å². The molecule has 23 heavy (non-hydrogen) atoms. The smallest absolute Gasteiger partial charge is 0.246 e. The fourth-order valence-corrected chi connectivity index (χ4v) is 2.08. The highest BCUT2D eigenvalue weighted by molar-refractivity contribution is 5.96. The third kappa shape index (κ3) is 4.48. The summed E-state index contributed by atoms with van der Waals surface area (Å²) < 4.78 is 5.54. The molecule has 118 valence electrons. The van der Waals surface area contributed by atoms with Crippen molar-refractivity contribution in [1.29, 1.82) is 5.26 Å². The topological polar surface area (TPSA) is 74.2 Å². The monoisotopic (exact) mass is 309 g/mol. The molecular formula is C18H19N3O2. The van der Waals surface area contributed by atoms with Crippen LogP contribution < -0.4 is 15.4 Å². The van der Waals surface area contributed by atoms with Crippen LogP contribution in [0.3, 0.4) is 0 Å². The van der Waals surface area contributed by atoms with Crippen molar-refractivity contribution >= 4 is 17.3 Å². The van der Waals surface area contributed by atoms with Crippen LogP contribution >= 0.6 is 0 Å². The van der Waals surface area contributed by atoms with Gasteiger partial charge in [-0.3, -0.25) is 4.79 Å². The first-order valence-corrected chi connectivity index (χ1v) is 7.43. The van der Waals surface area contributed by atoms with Gasteiger partial charge in [0.25, 0.3) is 0 Å². The maximum Gasteiger partial charge on any atom is 0.246 e. The fraction of sp³-hybridized carbons (Fsp3) is 0.222. The summed E-state index contributed by atoms with van der Waals surface area (Å²) >= 11 is 0. The van der Waals surface area contributed by atoms with Crippen molar-refractivity contribution in [3.05, 3.63) is 54.1 Å². The molecule has 0 fully saturated rings. The van der Waals surface area contributed by atoms with Gasteiger partial charge in [-0.25, -0.2) is 0 Å². The molecule has 0 saturated heterocycles. The van der Waals surface area contributed by atoms with Gasteiger partial charge in [-0.1, -0.05) is 18.2 Å². The summed E-state index contributed by atoms with van der Waals surface area (Å²) in [4.78, 5) is 12.3. The maximum absolute atomic E-state index is 12.3. The summed E-state index contributed by atoms with van der Waals surface area (Å²) in [6, 6.07) is 15.9. The number of nitrogens with one attached hydrogen (secondary N) is 2. The van der Waals surface area contributed by atoms with Crippen LogP contribution in [0.4, 0.5) is 11.4 Å². The summed E-state index contributed by atoms with van der Waals surface area (Å²) in [5.74, 6) is 0.521. The number of hydrogen-bond acceptors (Lipinski definition) is 4. The summed E-state index contributed by atoms with van der Waals surface area (Å²) in [5, 5.41) is 14.8. The third-order valence-corrected chi connectivity index (χ3v) is 3.21. The number of benzene rings is 2. The lowest BCUT2D eigenvalue weighted by atomic mass is 10.2. The van der Waals surface area contributed by atoms with E-state index in [1.165, 1.54) is 0 Å². The summed E-state index contributed by atoms with van der Waals surface area (Å²) in [6.07, 6.45) is 0. The van der Waals surface area contributed by atoms with Gasteiger partial charge < -0.3 is 15.4 Å². The van der Waals surface area contributed by atoms with E-state index in [1.807, 2.05) is 37.3 Å². The first-order valence-electron chi connectivity index (χ1n) is 7.43. The van der Waals surface area contributed by atoms with Gasteiger partial charge in [0, 0.05) is 5.69 Å². The van der Waals surface area contributed by atoms with Gasteiger partial charge in [-0.05, 0) is 44.2 Å². The van der Waals surface area contributed by atoms with Crippen molar-refractivity contribution in [2.45, 2.75) is 19.9 Å². The Morgan fingerprint density at radius 2 is 2.04 bits per heavy atom. The zero-order chi connectivity index (χ0) is 16.7. The second-order valence-electron chi connectivity index (χ2n) is 4.98. The molecule has 0 spiro atoms. The fourth-order valence-electron chi connectivity index (χ4n) is 2.08. The number of carbonyl (C=O) groups excluding carboxylic acids is 1. The molecule has 0 aromatic heterocycles. The van der Waals surface area contributed by atoms with Gasteiger partial charge in [0.1, 0.15) is 11.8 Å². The molecule has 1 atom stereocenters. The van der Waals surface area contributed by atoms with E-state index < -0.39 is 6.04 Å². The summed E-state index contributed by atoms with van der Waals surface area (Å²) in [5.41, 5.74) is 1.87. The molecule has 2 N–H and O–H groups in total. The zero-order valence-corrected chi connectivity index (χ0v) is 13.2. The molecule has 5 heteroatoms. The first kappa shape index (κ1) is 16.4. The molecule has 0 heterocycles. The Bertz CT molecular complexity index is 722. The minimum Gasteiger partial charge on any atom is -0.492 e. The highest BCUT2D eigenvalue weighted by atomic mass is 16.5. The third-order valence-electron chi connectivity index (χ3n) is 3.21. The number of anilines is 2. The molecule has 0 aliphatic heterocycles. The van der Waals surface area contributed by atoms with Gasteiger partial charge in [0.05, 0.1) is 23.9 Å². The van der Waals surface area contributed by atoms with Crippen molar-refractivity contribution in [1.82, 2.24) is 0 Å². The van der Waals surface area contributed by atoms with Crippen LogP contribution in [0.1, 0.15) is 19.4 Å². The van der Waals surface area contributed by atoms with Crippen molar-refractivity contribution < 1.29 is 9.53 Å². The lowest BCUT2D eigenvalue weighted by molar-refractivity contribution is -0.116. The highest BCUT2D eigenvalue weighted by Crippen LogP contribution is 2.24. The number of hydrogen-bond donors (Lipinski definition) is 2. The minimum atomic E-state index is -0.456. The molecule has 1 amide bonds. The Kier molecular flexibility index (Phi) is 5.59. The molecule has 2 aromatic carbocycles. The van der Waals surface area contributed by atoms with Gasteiger partial charge in [-0.15, -0.1) is 0 Å². The Labute approximate surface area is 135 Å². The Balaban J connectivity index is 2.04. The highest BCUT2D eigenvalue weighted by Gasteiger charge is 2.15. The van der Waals surface area contributed by atoms with Gasteiger partial charge in [-0.2, -0.15) is 5.26 Å². The molecule has 2 aromatic rings. The average Bonchev–Trinajstić information content (AvgIpc) is 2.57. The van der Waals surface area contributed by atoms with Crippen LogP contribution in [-0.2, 0) is 4.79 Å². The Morgan fingerprint density at radius 1 is 1.26 bits per heavy atom. The number of nitriles is 1.